The first-order valence-electron chi connectivity index (χ1n) is 4.89. The van der Waals surface area contributed by atoms with Crippen LogP contribution in [0.4, 0.5) is 10.5 Å². The molecule has 0 radical (unpaired) electrons. The molecule has 1 aromatic rings. The number of hydrogen-bond donors (Lipinski definition) is 2. The van der Waals surface area contributed by atoms with Gasteiger partial charge in [-0.2, -0.15) is 5.26 Å². The summed E-state index contributed by atoms with van der Waals surface area (Å²) in [4.78, 5) is 10.5. The number of carbonyl (C=O) groups is 1. The van der Waals surface area contributed by atoms with Crippen molar-refractivity contribution >= 4 is 23.4 Å². The molecule has 0 atom stereocenters. The zero-order valence-electron chi connectivity index (χ0n) is 9.57. The second-order valence-electron chi connectivity index (χ2n) is 3.26. The largest absolute Gasteiger partial charge is 0.477 e. The fraction of sp³-hybridized carbons (Fsp3) is 0.273. The zero-order chi connectivity index (χ0) is 13.5. The standard InChI is InChI=1S/C11H11ClN2O4/c1-17-6-7-4-8(14-11(15)16)5-9(12)10(7)18-3-2-13/h4-5,14H,3,6H2,1H3,(H,15,16). The lowest BCUT2D eigenvalue weighted by Crippen LogP contribution is -2.08. The van der Waals surface area contributed by atoms with Crippen LogP contribution in [0.5, 0.6) is 5.75 Å². The van der Waals surface area contributed by atoms with Crippen LogP contribution in [0.2, 0.25) is 5.02 Å². The number of nitriles is 1. The van der Waals surface area contributed by atoms with Crippen LogP contribution < -0.4 is 10.1 Å². The maximum atomic E-state index is 10.5. The fourth-order valence-corrected chi connectivity index (χ4v) is 1.67. The number of nitrogens with one attached hydrogen (secondary N) is 1. The molecule has 0 spiro atoms. The van der Waals surface area contributed by atoms with Crippen molar-refractivity contribution < 1.29 is 19.4 Å². The highest BCUT2D eigenvalue weighted by Crippen LogP contribution is 2.33. The van der Waals surface area contributed by atoms with Gasteiger partial charge < -0.3 is 14.6 Å². The third-order valence-electron chi connectivity index (χ3n) is 1.95. The Morgan fingerprint density at radius 1 is 1.61 bits per heavy atom. The molecule has 2 N–H and O–H groups in total. The lowest BCUT2D eigenvalue weighted by atomic mass is 10.2. The van der Waals surface area contributed by atoms with E-state index in [-0.39, 0.29) is 18.2 Å². The molecule has 0 aliphatic carbocycles. The molecule has 1 amide bonds. The van der Waals surface area contributed by atoms with Gasteiger partial charge in [-0.3, -0.25) is 5.32 Å². The maximum absolute atomic E-state index is 10.5. The number of ether oxygens (including phenoxy) is 2. The van der Waals surface area contributed by atoms with E-state index in [9.17, 15) is 4.79 Å². The molecule has 0 aromatic heterocycles. The van der Waals surface area contributed by atoms with Gasteiger partial charge in [0.25, 0.3) is 0 Å². The molecule has 0 fully saturated rings. The van der Waals surface area contributed by atoms with Gasteiger partial charge in [-0.1, -0.05) is 11.6 Å². The van der Waals surface area contributed by atoms with Crippen LogP contribution >= 0.6 is 11.6 Å². The molecule has 96 valence electrons. The van der Waals surface area contributed by atoms with Gasteiger partial charge >= 0.3 is 6.09 Å². The molecular weight excluding hydrogens is 260 g/mol. The summed E-state index contributed by atoms with van der Waals surface area (Å²) in [6.45, 7) is 0.0394. The van der Waals surface area contributed by atoms with Crippen molar-refractivity contribution in [3.05, 3.63) is 22.7 Å². The summed E-state index contributed by atoms with van der Waals surface area (Å²) in [5.41, 5.74) is 0.868. The van der Waals surface area contributed by atoms with Crippen molar-refractivity contribution in [3.63, 3.8) is 0 Å². The van der Waals surface area contributed by atoms with E-state index < -0.39 is 6.09 Å². The van der Waals surface area contributed by atoms with Gasteiger partial charge in [-0.25, -0.2) is 4.79 Å². The molecule has 18 heavy (non-hydrogen) atoms. The first kappa shape index (κ1) is 14.1. The minimum absolute atomic E-state index is 0.151. The summed E-state index contributed by atoms with van der Waals surface area (Å²) in [6.07, 6.45) is -1.19. The molecule has 0 unspecified atom stereocenters. The van der Waals surface area contributed by atoms with E-state index in [1.807, 2.05) is 6.07 Å². The second-order valence-corrected chi connectivity index (χ2v) is 3.66. The van der Waals surface area contributed by atoms with Gasteiger partial charge in [0, 0.05) is 18.4 Å². The third kappa shape index (κ3) is 3.80. The van der Waals surface area contributed by atoms with Gasteiger partial charge in [-0.15, -0.1) is 0 Å². The lowest BCUT2D eigenvalue weighted by Gasteiger charge is -2.13. The summed E-state index contributed by atoms with van der Waals surface area (Å²) in [5.74, 6) is 0.316. The topological polar surface area (TPSA) is 91.6 Å². The predicted octanol–water partition coefficient (Wildman–Crippen LogP) is 2.48. The molecule has 0 aliphatic rings. The summed E-state index contributed by atoms with van der Waals surface area (Å²) in [7, 11) is 1.49. The first-order chi connectivity index (χ1) is 8.58. The first-order valence-corrected chi connectivity index (χ1v) is 5.27. The highest BCUT2D eigenvalue weighted by molar-refractivity contribution is 6.32. The normalized spacial score (nSPS) is 9.61. The van der Waals surface area contributed by atoms with Crippen molar-refractivity contribution in [2.45, 2.75) is 6.61 Å². The second kappa shape index (κ2) is 6.69. The van der Waals surface area contributed by atoms with E-state index in [1.165, 1.54) is 19.2 Å². The zero-order valence-corrected chi connectivity index (χ0v) is 10.3. The Bertz CT molecular complexity index is 485. The summed E-state index contributed by atoms with van der Waals surface area (Å²) in [5, 5.41) is 19.5. The summed E-state index contributed by atoms with van der Waals surface area (Å²) < 4.78 is 10.1. The van der Waals surface area contributed by atoms with E-state index >= 15 is 0 Å². The number of methoxy groups -OCH3 is 1. The number of hydrogen-bond acceptors (Lipinski definition) is 4. The van der Waals surface area contributed by atoms with Crippen molar-refractivity contribution in [3.8, 4) is 11.8 Å². The Balaban J connectivity index is 3.09. The third-order valence-corrected chi connectivity index (χ3v) is 2.23. The van der Waals surface area contributed by atoms with Crippen LogP contribution in [-0.2, 0) is 11.3 Å². The number of rotatable bonds is 5. The van der Waals surface area contributed by atoms with Crippen molar-refractivity contribution in [2.75, 3.05) is 19.0 Å². The molecule has 6 nitrogen and oxygen atoms in total. The highest BCUT2D eigenvalue weighted by atomic mass is 35.5. The molecule has 1 rings (SSSR count). The van der Waals surface area contributed by atoms with Crippen LogP contribution in [0.25, 0.3) is 0 Å². The molecule has 0 saturated heterocycles. The SMILES string of the molecule is COCc1cc(NC(=O)O)cc(Cl)c1OCC#N. The number of halogens is 1. The Morgan fingerprint density at radius 2 is 2.33 bits per heavy atom. The van der Waals surface area contributed by atoms with Crippen molar-refractivity contribution in [2.24, 2.45) is 0 Å². The Hall–Kier alpha value is -1.97. The number of carboxylic acid groups (broad SMARTS) is 1. The van der Waals surface area contributed by atoms with E-state index in [0.717, 1.165) is 0 Å². The van der Waals surface area contributed by atoms with Gasteiger partial charge in [0.1, 0.15) is 11.8 Å². The number of amides is 1. The summed E-state index contributed by atoms with van der Waals surface area (Å²) in [6, 6.07) is 4.77. The van der Waals surface area contributed by atoms with Gasteiger partial charge in [-0.05, 0) is 12.1 Å². The summed E-state index contributed by atoms with van der Waals surface area (Å²) >= 11 is 5.97. The van der Waals surface area contributed by atoms with E-state index in [0.29, 0.717) is 17.0 Å². The lowest BCUT2D eigenvalue weighted by molar-refractivity contribution is 0.181. The molecular formula is C11H11ClN2O4. The number of benzene rings is 1. The van der Waals surface area contributed by atoms with Crippen LogP contribution in [0.15, 0.2) is 12.1 Å². The van der Waals surface area contributed by atoms with Gasteiger partial charge in [0.15, 0.2) is 6.61 Å². The molecule has 1 aromatic carbocycles. The monoisotopic (exact) mass is 270 g/mol. The smallest absolute Gasteiger partial charge is 0.409 e. The van der Waals surface area contributed by atoms with Gasteiger partial charge in [0.05, 0.1) is 11.6 Å². The van der Waals surface area contributed by atoms with E-state index in [1.54, 1.807) is 0 Å². The number of anilines is 1. The van der Waals surface area contributed by atoms with E-state index in [4.69, 9.17) is 31.4 Å². The van der Waals surface area contributed by atoms with E-state index in [2.05, 4.69) is 5.32 Å². The Labute approximate surface area is 109 Å². The molecule has 0 heterocycles. The van der Waals surface area contributed by atoms with Crippen LogP contribution in [0, 0.1) is 11.3 Å². The molecule has 7 heteroatoms. The minimum atomic E-state index is -1.19. The van der Waals surface area contributed by atoms with Crippen molar-refractivity contribution in [1.29, 1.82) is 5.26 Å². The Kier molecular flexibility index (Phi) is 5.24. The van der Waals surface area contributed by atoms with Crippen LogP contribution in [0.1, 0.15) is 5.56 Å². The average molecular weight is 271 g/mol. The quantitative estimate of drug-likeness (QED) is 0.857. The predicted molar refractivity (Wildman–Crippen MR) is 64.9 cm³/mol. The molecule has 0 saturated carbocycles. The van der Waals surface area contributed by atoms with Crippen LogP contribution in [-0.4, -0.2) is 24.9 Å². The van der Waals surface area contributed by atoms with Crippen molar-refractivity contribution in [1.82, 2.24) is 0 Å². The fourth-order valence-electron chi connectivity index (χ4n) is 1.37. The minimum Gasteiger partial charge on any atom is -0.477 e. The van der Waals surface area contributed by atoms with Crippen LogP contribution in [0.3, 0.4) is 0 Å². The van der Waals surface area contributed by atoms with Gasteiger partial charge in [0.2, 0.25) is 0 Å². The molecule has 0 bridgehead atoms. The average Bonchev–Trinajstić information content (AvgIpc) is 2.27. The highest BCUT2D eigenvalue weighted by Gasteiger charge is 2.12. The molecule has 0 aliphatic heterocycles. The number of nitrogens with zero attached hydrogens (tertiary/aromatic N) is 1. The Morgan fingerprint density at radius 3 is 2.89 bits per heavy atom. The maximum Gasteiger partial charge on any atom is 0.409 e.